The van der Waals surface area contributed by atoms with E-state index in [0.29, 0.717) is 13.0 Å². The Balaban J connectivity index is 1.98. The molecule has 1 aliphatic rings. The molecule has 1 unspecified atom stereocenters. The molecule has 0 saturated carbocycles. The maximum atomic E-state index is 12.0. The van der Waals surface area contributed by atoms with E-state index in [1.54, 1.807) is 7.11 Å². The Morgan fingerprint density at radius 1 is 1.43 bits per heavy atom. The van der Waals surface area contributed by atoms with Crippen LogP contribution in [-0.4, -0.2) is 38.8 Å². The monoisotopic (exact) mass is 291 g/mol. The number of hydrogen-bond donors (Lipinski definition) is 2. The second-order valence-corrected chi connectivity index (χ2v) is 5.57. The van der Waals surface area contributed by atoms with Crippen LogP contribution < -0.4 is 16.0 Å². The molecule has 1 aromatic rings. The van der Waals surface area contributed by atoms with Crippen LogP contribution in [0.15, 0.2) is 18.2 Å². The maximum absolute atomic E-state index is 12.0. The van der Waals surface area contributed by atoms with Crippen molar-refractivity contribution in [2.24, 2.45) is 5.73 Å². The van der Waals surface area contributed by atoms with Gasteiger partial charge >= 0.3 is 0 Å². The van der Waals surface area contributed by atoms with Crippen LogP contribution in [0.2, 0.25) is 0 Å². The van der Waals surface area contributed by atoms with Gasteiger partial charge in [-0.3, -0.25) is 4.79 Å². The molecule has 0 aromatic heterocycles. The van der Waals surface area contributed by atoms with Crippen molar-refractivity contribution in [1.82, 2.24) is 0 Å². The second kappa shape index (κ2) is 7.43. The van der Waals surface area contributed by atoms with E-state index < -0.39 is 6.04 Å². The van der Waals surface area contributed by atoms with Crippen LogP contribution in [0.3, 0.4) is 0 Å². The van der Waals surface area contributed by atoms with Crippen molar-refractivity contribution < 1.29 is 9.53 Å². The minimum Gasteiger partial charge on any atom is -0.385 e. The maximum Gasteiger partial charge on any atom is 0.241 e. The molecule has 0 aliphatic carbocycles. The fourth-order valence-electron chi connectivity index (χ4n) is 2.56. The minimum absolute atomic E-state index is 0.163. The number of benzene rings is 1. The van der Waals surface area contributed by atoms with E-state index in [-0.39, 0.29) is 5.91 Å². The smallest absolute Gasteiger partial charge is 0.241 e. The van der Waals surface area contributed by atoms with Gasteiger partial charge in [-0.2, -0.15) is 0 Å². The summed E-state index contributed by atoms with van der Waals surface area (Å²) in [5.41, 5.74) is 8.95. The molecule has 1 aromatic carbocycles. The third-order valence-corrected chi connectivity index (χ3v) is 3.91. The molecule has 0 spiro atoms. The Labute approximate surface area is 126 Å². The molecule has 5 nitrogen and oxygen atoms in total. The van der Waals surface area contributed by atoms with Gasteiger partial charge in [-0.25, -0.2) is 0 Å². The summed E-state index contributed by atoms with van der Waals surface area (Å²) in [7, 11) is 1.60. The van der Waals surface area contributed by atoms with E-state index in [9.17, 15) is 4.79 Å². The number of rotatable bonds is 6. The molecule has 1 amide bonds. The number of carbonyl (C=O) groups is 1. The number of nitrogens with zero attached hydrogens (tertiary/aromatic N) is 1. The number of anilines is 2. The molecule has 1 heterocycles. The van der Waals surface area contributed by atoms with Gasteiger partial charge in [0.25, 0.3) is 0 Å². The predicted molar refractivity (Wildman–Crippen MR) is 85.7 cm³/mol. The first-order chi connectivity index (χ1) is 10.1. The highest BCUT2D eigenvalue weighted by Crippen LogP contribution is 2.25. The number of carbonyl (C=O) groups excluding carboxylic acids is 1. The lowest BCUT2D eigenvalue weighted by Crippen LogP contribution is -2.36. The second-order valence-electron chi connectivity index (χ2n) is 5.57. The topological polar surface area (TPSA) is 67.6 Å². The molecule has 0 radical (unpaired) electrons. The number of hydrogen-bond acceptors (Lipinski definition) is 4. The number of ether oxygens (including phenoxy) is 1. The van der Waals surface area contributed by atoms with Crippen LogP contribution in [0, 0.1) is 6.92 Å². The molecular formula is C16H25N3O2. The summed E-state index contributed by atoms with van der Waals surface area (Å²) in [6.07, 6.45) is 3.03. The van der Waals surface area contributed by atoms with E-state index in [2.05, 4.69) is 22.3 Å². The van der Waals surface area contributed by atoms with Gasteiger partial charge in [0.1, 0.15) is 0 Å². The molecule has 1 aliphatic heterocycles. The van der Waals surface area contributed by atoms with Crippen molar-refractivity contribution in [3.05, 3.63) is 23.8 Å². The zero-order valence-electron chi connectivity index (χ0n) is 12.9. The molecule has 1 atom stereocenters. The van der Waals surface area contributed by atoms with Crippen LogP contribution in [0.5, 0.6) is 0 Å². The number of amides is 1. The molecule has 21 heavy (non-hydrogen) atoms. The SMILES string of the molecule is COCCC(N)C(=O)Nc1ccc(N2CCCC2)cc1C. The number of nitrogens with one attached hydrogen (secondary N) is 1. The number of aryl methyl sites for hydroxylation is 1. The van der Waals surface area contributed by atoms with Crippen molar-refractivity contribution in [3.8, 4) is 0 Å². The highest BCUT2D eigenvalue weighted by atomic mass is 16.5. The largest absolute Gasteiger partial charge is 0.385 e. The molecule has 3 N–H and O–H groups in total. The standard InChI is InChI=1S/C16H25N3O2/c1-12-11-13(19-8-3-4-9-19)5-6-15(12)18-16(20)14(17)7-10-21-2/h5-6,11,14H,3-4,7-10,17H2,1-2H3,(H,18,20). The molecule has 116 valence electrons. The summed E-state index contributed by atoms with van der Waals surface area (Å²) in [5, 5.41) is 2.90. The average Bonchev–Trinajstić information content (AvgIpc) is 3.00. The molecule has 2 rings (SSSR count). The summed E-state index contributed by atoms with van der Waals surface area (Å²) >= 11 is 0. The summed E-state index contributed by atoms with van der Waals surface area (Å²) in [6, 6.07) is 5.61. The van der Waals surface area contributed by atoms with Gasteiger partial charge in [-0.05, 0) is 49.9 Å². The van der Waals surface area contributed by atoms with Gasteiger partial charge < -0.3 is 20.7 Å². The molecule has 1 fully saturated rings. The van der Waals surface area contributed by atoms with Gasteiger partial charge in [0.15, 0.2) is 0 Å². The summed E-state index contributed by atoms with van der Waals surface area (Å²) in [5.74, 6) is -0.163. The minimum atomic E-state index is -0.539. The zero-order chi connectivity index (χ0) is 15.2. The fraction of sp³-hybridized carbons (Fsp3) is 0.562. The Hall–Kier alpha value is -1.59. The first kappa shape index (κ1) is 15.8. The normalized spacial score (nSPS) is 16.0. The first-order valence-corrected chi connectivity index (χ1v) is 7.53. The van der Waals surface area contributed by atoms with E-state index in [4.69, 9.17) is 10.5 Å². The number of methoxy groups -OCH3 is 1. The van der Waals surface area contributed by atoms with E-state index >= 15 is 0 Å². The van der Waals surface area contributed by atoms with E-state index in [0.717, 1.165) is 24.3 Å². The number of nitrogens with two attached hydrogens (primary N) is 1. The van der Waals surface area contributed by atoms with Gasteiger partial charge in [0.05, 0.1) is 6.04 Å². The van der Waals surface area contributed by atoms with E-state index in [1.807, 2.05) is 13.0 Å². The van der Waals surface area contributed by atoms with Gasteiger partial charge in [0, 0.05) is 38.2 Å². The van der Waals surface area contributed by atoms with Crippen LogP contribution in [0.1, 0.15) is 24.8 Å². The molecule has 0 bridgehead atoms. The van der Waals surface area contributed by atoms with Gasteiger partial charge in [-0.1, -0.05) is 0 Å². The molecule has 5 heteroatoms. The Morgan fingerprint density at radius 2 is 2.14 bits per heavy atom. The fourth-order valence-corrected chi connectivity index (χ4v) is 2.56. The lowest BCUT2D eigenvalue weighted by Gasteiger charge is -2.20. The highest BCUT2D eigenvalue weighted by Gasteiger charge is 2.16. The van der Waals surface area contributed by atoms with Crippen molar-refractivity contribution in [3.63, 3.8) is 0 Å². The highest BCUT2D eigenvalue weighted by molar-refractivity contribution is 5.95. The third-order valence-electron chi connectivity index (χ3n) is 3.91. The lowest BCUT2D eigenvalue weighted by molar-refractivity contribution is -0.117. The third kappa shape index (κ3) is 4.19. The average molecular weight is 291 g/mol. The predicted octanol–water partition coefficient (Wildman–Crippen LogP) is 1.90. The lowest BCUT2D eigenvalue weighted by atomic mass is 10.1. The van der Waals surface area contributed by atoms with Crippen LogP contribution in [-0.2, 0) is 9.53 Å². The summed E-state index contributed by atoms with van der Waals surface area (Å²) in [6.45, 7) is 4.73. The summed E-state index contributed by atoms with van der Waals surface area (Å²) < 4.78 is 4.94. The van der Waals surface area contributed by atoms with Crippen LogP contribution in [0.4, 0.5) is 11.4 Å². The van der Waals surface area contributed by atoms with Crippen molar-refractivity contribution in [2.45, 2.75) is 32.2 Å². The Bertz CT molecular complexity index is 484. The first-order valence-electron chi connectivity index (χ1n) is 7.53. The Morgan fingerprint density at radius 3 is 2.76 bits per heavy atom. The summed E-state index contributed by atoms with van der Waals surface area (Å²) in [4.78, 5) is 14.4. The van der Waals surface area contributed by atoms with Crippen LogP contribution in [0.25, 0.3) is 0 Å². The Kier molecular flexibility index (Phi) is 5.59. The van der Waals surface area contributed by atoms with Gasteiger partial charge in [0.2, 0.25) is 5.91 Å². The molecular weight excluding hydrogens is 266 g/mol. The van der Waals surface area contributed by atoms with Crippen LogP contribution >= 0.6 is 0 Å². The van der Waals surface area contributed by atoms with Crippen molar-refractivity contribution in [2.75, 3.05) is 37.0 Å². The van der Waals surface area contributed by atoms with Crippen molar-refractivity contribution >= 4 is 17.3 Å². The zero-order valence-corrected chi connectivity index (χ0v) is 12.9. The quantitative estimate of drug-likeness (QED) is 0.840. The van der Waals surface area contributed by atoms with Gasteiger partial charge in [-0.15, -0.1) is 0 Å². The van der Waals surface area contributed by atoms with Crippen molar-refractivity contribution in [1.29, 1.82) is 0 Å². The molecule has 1 saturated heterocycles. The van der Waals surface area contributed by atoms with E-state index in [1.165, 1.54) is 18.5 Å².